The van der Waals surface area contributed by atoms with Crippen molar-refractivity contribution < 1.29 is 19.7 Å². The Morgan fingerprint density at radius 2 is 1.97 bits per heavy atom. The number of aromatic hydroxyl groups is 1. The maximum absolute atomic E-state index is 10.8. The Bertz CT molecular complexity index is 1210. The first kappa shape index (κ1) is 19.7. The van der Waals surface area contributed by atoms with E-state index >= 15 is 0 Å². The average molecular weight is 409 g/mol. The summed E-state index contributed by atoms with van der Waals surface area (Å²) in [6.07, 6.45) is 2.91. The molecule has 0 spiro atoms. The predicted molar refractivity (Wildman–Crippen MR) is 111 cm³/mol. The first-order chi connectivity index (χ1) is 14.4. The van der Waals surface area contributed by atoms with E-state index in [1.165, 1.54) is 7.11 Å². The standard InChI is InChI=1S/C21H23N5O4/c1-12(27)11-25-8-7-18(24-25)26-13(2)19-15(21(26)28)5-6-16(23-19)14-9-17(29-3)20(30-4)22-10-14/h5-10,12,27-28H,11H2,1-4H3/t12-/m0/s1. The monoisotopic (exact) mass is 409 g/mol. The van der Waals surface area contributed by atoms with Crippen LogP contribution in [0, 0.1) is 6.92 Å². The number of aromatic nitrogens is 5. The fourth-order valence-electron chi connectivity index (χ4n) is 3.46. The highest BCUT2D eigenvalue weighted by molar-refractivity contribution is 5.90. The number of ether oxygens (including phenoxy) is 2. The molecule has 4 rings (SSSR count). The van der Waals surface area contributed by atoms with E-state index in [1.54, 1.807) is 41.7 Å². The first-order valence-electron chi connectivity index (χ1n) is 9.44. The van der Waals surface area contributed by atoms with Crippen LogP contribution in [0.5, 0.6) is 17.5 Å². The van der Waals surface area contributed by atoms with Crippen molar-refractivity contribution in [3.63, 3.8) is 0 Å². The summed E-state index contributed by atoms with van der Waals surface area (Å²) in [5.74, 6) is 1.53. The van der Waals surface area contributed by atoms with Crippen molar-refractivity contribution in [2.75, 3.05) is 14.2 Å². The first-order valence-corrected chi connectivity index (χ1v) is 9.44. The van der Waals surface area contributed by atoms with Crippen molar-refractivity contribution in [1.29, 1.82) is 0 Å². The summed E-state index contributed by atoms with van der Waals surface area (Å²) in [5, 5.41) is 25.4. The number of methoxy groups -OCH3 is 2. The van der Waals surface area contributed by atoms with E-state index in [1.807, 2.05) is 25.1 Å². The van der Waals surface area contributed by atoms with Gasteiger partial charge in [0.2, 0.25) is 5.88 Å². The molecule has 0 saturated carbocycles. The minimum Gasteiger partial charge on any atom is -0.494 e. The quantitative estimate of drug-likeness (QED) is 0.504. The van der Waals surface area contributed by atoms with E-state index in [0.29, 0.717) is 40.6 Å². The molecule has 0 radical (unpaired) electrons. The third-order valence-electron chi connectivity index (χ3n) is 4.86. The second-order valence-electron chi connectivity index (χ2n) is 7.02. The van der Waals surface area contributed by atoms with Crippen LogP contribution >= 0.6 is 0 Å². The Morgan fingerprint density at radius 1 is 1.17 bits per heavy atom. The van der Waals surface area contributed by atoms with Gasteiger partial charge in [0.1, 0.15) is 0 Å². The highest BCUT2D eigenvalue weighted by atomic mass is 16.5. The van der Waals surface area contributed by atoms with Crippen molar-refractivity contribution in [3.8, 4) is 34.6 Å². The topological polar surface area (TPSA) is 107 Å². The number of aliphatic hydroxyl groups excluding tert-OH is 1. The number of aryl methyl sites for hydroxylation is 1. The smallest absolute Gasteiger partial charge is 0.256 e. The van der Waals surface area contributed by atoms with Gasteiger partial charge < -0.3 is 19.7 Å². The van der Waals surface area contributed by atoms with E-state index in [2.05, 4.69) is 10.1 Å². The molecule has 0 aliphatic carbocycles. The van der Waals surface area contributed by atoms with E-state index in [-0.39, 0.29) is 5.88 Å². The molecule has 0 bridgehead atoms. The van der Waals surface area contributed by atoms with Gasteiger partial charge in [-0.3, -0.25) is 9.25 Å². The second kappa shape index (κ2) is 7.68. The lowest BCUT2D eigenvalue weighted by Crippen LogP contribution is -2.12. The summed E-state index contributed by atoms with van der Waals surface area (Å²) in [7, 11) is 3.09. The van der Waals surface area contributed by atoms with Crippen LogP contribution in [0.15, 0.2) is 36.7 Å². The normalized spacial score (nSPS) is 12.3. The lowest BCUT2D eigenvalue weighted by Gasteiger charge is -2.08. The Morgan fingerprint density at radius 3 is 2.67 bits per heavy atom. The Balaban J connectivity index is 1.79. The number of hydrogen-bond donors (Lipinski definition) is 2. The van der Waals surface area contributed by atoms with Crippen molar-refractivity contribution in [2.45, 2.75) is 26.5 Å². The zero-order chi connectivity index (χ0) is 21.4. The lowest BCUT2D eigenvalue weighted by atomic mass is 10.1. The molecule has 9 nitrogen and oxygen atoms in total. The molecule has 156 valence electrons. The number of rotatable bonds is 6. The van der Waals surface area contributed by atoms with Gasteiger partial charge in [-0.05, 0) is 32.0 Å². The van der Waals surface area contributed by atoms with Crippen LogP contribution in [0.4, 0.5) is 0 Å². The van der Waals surface area contributed by atoms with E-state index in [4.69, 9.17) is 14.5 Å². The van der Waals surface area contributed by atoms with Crippen molar-refractivity contribution >= 4 is 10.9 Å². The van der Waals surface area contributed by atoms with E-state index in [0.717, 1.165) is 11.3 Å². The molecule has 0 fully saturated rings. The summed E-state index contributed by atoms with van der Waals surface area (Å²) in [4.78, 5) is 9.01. The van der Waals surface area contributed by atoms with Gasteiger partial charge in [0, 0.05) is 24.0 Å². The van der Waals surface area contributed by atoms with Crippen molar-refractivity contribution in [3.05, 3.63) is 42.4 Å². The molecule has 0 amide bonds. The van der Waals surface area contributed by atoms with Crippen LogP contribution in [-0.4, -0.2) is 54.9 Å². The van der Waals surface area contributed by atoms with Crippen molar-refractivity contribution in [2.24, 2.45) is 0 Å². The molecule has 0 aliphatic heterocycles. The highest BCUT2D eigenvalue weighted by Gasteiger charge is 2.19. The van der Waals surface area contributed by atoms with Gasteiger partial charge in [-0.25, -0.2) is 9.97 Å². The Hall–Kier alpha value is -3.59. The van der Waals surface area contributed by atoms with Gasteiger partial charge in [-0.1, -0.05) is 0 Å². The third kappa shape index (κ3) is 3.33. The molecule has 9 heteroatoms. The van der Waals surface area contributed by atoms with E-state index < -0.39 is 6.10 Å². The molecular formula is C21H23N5O4. The molecule has 30 heavy (non-hydrogen) atoms. The largest absolute Gasteiger partial charge is 0.494 e. The fraction of sp³-hybridized carbons (Fsp3) is 0.286. The molecule has 0 unspecified atom stereocenters. The average Bonchev–Trinajstić information content (AvgIpc) is 3.28. The Kier molecular flexibility index (Phi) is 5.04. The molecule has 1 atom stereocenters. The van der Waals surface area contributed by atoms with Crippen molar-refractivity contribution in [1.82, 2.24) is 24.3 Å². The molecular weight excluding hydrogens is 386 g/mol. The summed E-state index contributed by atoms with van der Waals surface area (Å²) in [6.45, 7) is 3.94. The third-order valence-corrected chi connectivity index (χ3v) is 4.86. The van der Waals surface area contributed by atoms with Crippen LogP contribution < -0.4 is 9.47 Å². The summed E-state index contributed by atoms with van der Waals surface area (Å²) in [6, 6.07) is 7.23. The molecule has 4 aromatic heterocycles. The molecule has 0 saturated heterocycles. The fourth-order valence-corrected chi connectivity index (χ4v) is 3.46. The van der Waals surface area contributed by atoms with Crippen LogP contribution in [0.2, 0.25) is 0 Å². The van der Waals surface area contributed by atoms with Gasteiger partial charge in [0.15, 0.2) is 11.6 Å². The number of nitrogens with zero attached hydrogens (tertiary/aromatic N) is 5. The molecule has 4 aromatic rings. The van der Waals surface area contributed by atoms with Crippen LogP contribution in [0.3, 0.4) is 0 Å². The van der Waals surface area contributed by atoms with E-state index in [9.17, 15) is 10.2 Å². The van der Waals surface area contributed by atoms with Crippen LogP contribution in [0.25, 0.3) is 28.0 Å². The number of hydrogen-bond acceptors (Lipinski definition) is 7. The van der Waals surface area contributed by atoms with Gasteiger partial charge in [0.05, 0.1) is 49.2 Å². The Labute approximate surface area is 173 Å². The van der Waals surface area contributed by atoms with Gasteiger partial charge in [0.25, 0.3) is 5.88 Å². The van der Waals surface area contributed by atoms with Gasteiger partial charge in [-0.2, -0.15) is 5.10 Å². The lowest BCUT2D eigenvalue weighted by molar-refractivity contribution is 0.168. The van der Waals surface area contributed by atoms with Crippen LogP contribution in [0.1, 0.15) is 12.6 Å². The maximum atomic E-state index is 10.8. The summed E-state index contributed by atoms with van der Waals surface area (Å²) >= 11 is 0. The molecule has 2 N–H and O–H groups in total. The predicted octanol–water partition coefficient (Wildman–Crippen LogP) is 2.70. The summed E-state index contributed by atoms with van der Waals surface area (Å²) < 4.78 is 13.8. The number of aliphatic hydroxyl groups is 1. The van der Waals surface area contributed by atoms with Gasteiger partial charge >= 0.3 is 0 Å². The maximum Gasteiger partial charge on any atom is 0.256 e. The zero-order valence-electron chi connectivity index (χ0n) is 17.2. The minimum absolute atomic E-state index is 0.0642. The molecule has 0 aromatic carbocycles. The SMILES string of the molecule is COc1cc(-c2ccc3c(O)n(-c4ccn(C[C@H](C)O)n4)c(C)c3n2)cnc1OC. The highest BCUT2D eigenvalue weighted by Crippen LogP contribution is 2.35. The zero-order valence-corrected chi connectivity index (χ0v) is 17.2. The number of fused-ring (bicyclic) bond motifs is 1. The second-order valence-corrected chi connectivity index (χ2v) is 7.02. The molecule has 0 aliphatic rings. The minimum atomic E-state index is -0.518. The van der Waals surface area contributed by atoms with Gasteiger partial charge in [-0.15, -0.1) is 0 Å². The number of pyridine rings is 2. The van der Waals surface area contributed by atoms with Crippen LogP contribution in [-0.2, 0) is 6.54 Å². The summed E-state index contributed by atoms with van der Waals surface area (Å²) in [5.41, 5.74) is 2.86. The molecule has 4 heterocycles.